The normalized spacial score (nSPS) is 12.8. The molecule has 0 unspecified atom stereocenters. The van der Waals surface area contributed by atoms with Crippen molar-refractivity contribution >= 4 is 34.7 Å². The van der Waals surface area contributed by atoms with Gasteiger partial charge in [0.15, 0.2) is 11.5 Å². The average Bonchev–Trinajstić information content (AvgIpc) is 2.60. The average molecular weight is 379 g/mol. The van der Waals surface area contributed by atoms with Gasteiger partial charge >= 0.3 is 0 Å². The van der Waals surface area contributed by atoms with Crippen LogP contribution in [0.5, 0.6) is 11.5 Å². The molecule has 0 N–H and O–H groups in total. The van der Waals surface area contributed by atoms with E-state index in [4.69, 9.17) is 21.1 Å². The third kappa shape index (κ3) is 3.84. The van der Waals surface area contributed by atoms with Crippen molar-refractivity contribution in [1.29, 1.82) is 0 Å². The molecule has 2 aromatic carbocycles. The van der Waals surface area contributed by atoms with Crippen molar-refractivity contribution in [3.63, 3.8) is 0 Å². The van der Waals surface area contributed by atoms with Crippen molar-refractivity contribution < 1.29 is 9.47 Å². The number of ether oxygens (including phenoxy) is 2. The van der Waals surface area contributed by atoms with Crippen LogP contribution in [0.15, 0.2) is 40.1 Å². The molecule has 0 aromatic heterocycles. The summed E-state index contributed by atoms with van der Waals surface area (Å²) in [7, 11) is 7.53. The molecule has 0 radical (unpaired) electrons. The minimum Gasteiger partial charge on any atom is -0.493 e. The van der Waals surface area contributed by atoms with Gasteiger partial charge in [0, 0.05) is 33.5 Å². The number of benzene rings is 2. The number of anilines is 2. The van der Waals surface area contributed by atoms with E-state index < -0.39 is 0 Å². The second-order valence-corrected chi connectivity index (χ2v) is 7.72. The number of halogens is 1. The summed E-state index contributed by atoms with van der Waals surface area (Å²) >= 11 is 8.01. The Kier molecular flexibility index (Phi) is 5.67. The Morgan fingerprint density at radius 3 is 2.36 bits per heavy atom. The van der Waals surface area contributed by atoms with E-state index in [1.165, 1.54) is 4.90 Å². The summed E-state index contributed by atoms with van der Waals surface area (Å²) in [4.78, 5) is 6.90. The Morgan fingerprint density at radius 1 is 1.00 bits per heavy atom. The second kappa shape index (κ2) is 7.77. The summed E-state index contributed by atoms with van der Waals surface area (Å²) in [5.41, 5.74) is 2.28. The molecule has 2 aromatic rings. The molecule has 134 valence electrons. The maximum absolute atomic E-state index is 6.27. The third-order valence-electron chi connectivity index (χ3n) is 4.17. The van der Waals surface area contributed by atoms with Crippen LogP contribution in [0.2, 0.25) is 5.02 Å². The van der Waals surface area contributed by atoms with Crippen LogP contribution in [0.1, 0.15) is 6.42 Å². The van der Waals surface area contributed by atoms with Gasteiger partial charge in [0.05, 0.1) is 25.6 Å². The van der Waals surface area contributed by atoms with Gasteiger partial charge in [-0.1, -0.05) is 23.4 Å². The van der Waals surface area contributed by atoms with Gasteiger partial charge in [0.1, 0.15) is 0 Å². The molecule has 6 heteroatoms. The van der Waals surface area contributed by atoms with Gasteiger partial charge in [-0.2, -0.15) is 0 Å². The summed E-state index contributed by atoms with van der Waals surface area (Å²) in [6.45, 7) is 1.94. The number of hydrogen-bond donors (Lipinski definition) is 0. The predicted molar refractivity (Wildman–Crippen MR) is 105 cm³/mol. The van der Waals surface area contributed by atoms with Crippen molar-refractivity contribution in [2.45, 2.75) is 16.2 Å². The minimum absolute atomic E-state index is 0.741. The topological polar surface area (TPSA) is 24.9 Å². The van der Waals surface area contributed by atoms with Gasteiger partial charge < -0.3 is 19.3 Å². The van der Waals surface area contributed by atoms with Gasteiger partial charge in [0.2, 0.25) is 0 Å². The van der Waals surface area contributed by atoms with Gasteiger partial charge in [-0.15, -0.1) is 0 Å². The van der Waals surface area contributed by atoms with Crippen LogP contribution in [-0.2, 0) is 0 Å². The van der Waals surface area contributed by atoms with Crippen LogP contribution in [0.3, 0.4) is 0 Å². The molecule has 1 aliphatic rings. The highest BCUT2D eigenvalue weighted by atomic mass is 35.5. The molecule has 3 rings (SSSR count). The van der Waals surface area contributed by atoms with Crippen LogP contribution in [0, 0.1) is 0 Å². The fourth-order valence-electron chi connectivity index (χ4n) is 2.96. The predicted octanol–water partition coefficient (Wildman–Crippen LogP) is 4.91. The van der Waals surface area contributed by atoms with Crippen LogP contribution in [-0.4, -0.2) is 46.3 Å². The molecule has 4 nitrogen and oxygen atoms in total. The van der Waals surface area contributed by atoms with Crippen molar-refractivity contribution in [2.24, 2.45) is 0 Å². The molecule has 0 fully saturated rings. The van der Waals surface area contributed by atoms with E-state index in [9.17, 15) is 0 Å². The lowest BCUT2D eigenvalue weighted by atomic mass is 10.2. The molecule has 1 heterocycles. The highest BCUT2D eigenvalue weighted by molar-refractivity contribution is 7.99. The van der Waals surface area contributed by atoms with E-state index in [1.54, 1.807) is 26.0 Å². The van der Waals surface area contributed by atoms with E-state index in [2.05, 4.69) is 42.1 Å². The first-order valence-corrected chi connectivity index (χ1v) is 9.38. The number of fused-ring (bicyclic) bond motifs is 2. The van der Waals surface area contributed by atoms with E-state index >= 15 is 0 Å². The minimum atomic E-state index is 0.741. The maximum Gasteiger partial charge on any atom is 0.162 e. The highest BCUT2D eigenvalue weighted by Crippen LogP contribution is 2.51. The Labute approximate surface area is 158 Å². The Hall–Kier alpha value is -1.56. The molecular formula is C19H23ClN2O2S. The fraction of sp³-hybridized carbons (Fsp3) is 0.368. The largest absolute Gasteiger partial charge is 0.493 e. The second-order valence-electron chi connectivity index (χ2n) is 6.20. The fourth-order valence-corrected chi connectivity index (χ4v) is 4.22. The Morgan fingerprint density at radius 2 is 1.68 bits per heavy atom. The summed E-state index contributed by atoms with van der Waals surface area (Å²) in [6.07, 6.45) is 1.05. The molecule has 0 bridgehead atoms. The van der Waals surface area contributed by atoms with Gasteiger partial charge in [-0.05, 0) is 45.3 Å². The van der Waals surface area contributed by atoms with Crippen LogP contribution in [0.4, 0.5) is 11.4 Å². The first-order chi connectivity index (χ1) is 12.0. The number of hydrogen-bond acceptors (Lipinski definition) is 5. The van der Waals surface area contributed by atoms with Crippen LogP contribution in [0.25, 0.3) is 0 Å². The molecule has 0 spiro atoms. The SMILES string of the molecule is COc1cc2c(cc1OC)N(CCCN(C)C)c1cc(Cl)ccc1S2. The Balaban J connectivity index is 2.04. The zero-order valence-corrected chi connectivity index (χ0v) is 16.6. The van der Waals surface area contributed by atoms with Gasteiger partial charge in [-0.25, -0.2) is 0 Å². The number of methoxy groups -OCH3 is 2. The van der Waals surface area contributed by atoms with Crippen molar-refractivity contribution in [2.75, 3.05) is 46.3 Å². The van der Waals surface area contributed by atoms with E-state index in [0.29, 0.717) is 0 Å². The van der Waals surface area contributed by atoms with Crippen LogP contribution < -0.4 is 14.4 Å². The monoisotopic (exact) mass is 378 g/mol. The summed E-state index contributed by atoms with van der Waals surface area (Å²) < 4.78 is 11.0. The smallest absolute Gasteiger partial charge is 0.162 e. The molecule has 1 aliphatic heterocycles. The number of rotatable bonds is 6. The number of nitrogens with zero attached hydrogens (tertiary/aromatic N) is 2. The van der Waals surface area contributed by atoms with Gasteiger partial charge in [-0.3, -0.25) is 0 Å². The van der Waals surface area contributed by atoms with Gasteiger partial charge in [0.25, 0.3) is 0 Å². The van der Waals surface area contributed by atoms with E-state index in [0.717, 1.165) is 52.3 Å². The lowest BCUT2D eigenvalue weighted by molar-refractivity contribution is 0.354. The van der Waals surface area contributed by atoms with Crippen molar-refractivity contribution in [3.8, 4) is 11.5 Å². The zero-order chi connectivity index (χ0) is 18.0. The standard InChI is InChI=1S/C19H23ClN2O2S/c1-21(2)8-5-9-22-14-10-13(20)6-7-18(14)25-19-12-17(24-4)16(23-3)11-15(19)22/h6-7,10-12H,5,8-9H2,1-4H3. The van der Waals surface area contributed by atoms with Crippen molar-refractivity contribution in [1.82, 2.24) is 4.90 Å². The lowest BCUT2D eigenvalue weighted by Crippen LogP contribution is -2.25. The quantitative estimate of drug-likeness (QED) is 0.711. The maximum atomic E-state index is 6.27. The lowest BCUT2D eigenvalue weighted by Gasteiger charge is -2.34. The molecule has 0 saturated heterocycles. The molecular weight excluding hydrogens is 356 g/mol. The molecule has 0 aliphatic carbocycles. The van der Waals surface area contributed by atoms with Crippen LogP contribution >= 0.6 is 23.4 Å². The molecule has 25 heavy (non-hydrogen) atoms. The van der Waals surface area contributed by atoms with E-state index in [-0.39, 0.29) is 0 Å². The highest BCUT2D eigenvalue weighted by Gasteiger charge is 2.25. The molecule has 0 saturated carbocycles. The molecule has 0 atom stereocenters. The van der Waals surface area contributed by atoms with Crippen molar-refractivity contribution in [3.05, 3.63) is 35.4 Å². The molecule has 0 amide bonds. The Bertz CT molecular complexity index is 767. The first kappa shape index (κ1) is 18.2. The summed E-state index contributed by atoms with van der Waals surface area (Å²) in [6, 6.07) is 10.2. The first-order valence-electron chi connectivity index (χ1n) is 8.19. The zero-order valence-electron chi connectivity index (χ0n) is 15.0. The summed E-state index contributed by atoms with van der Waals surface area (Å²) in [5, 5.41) is 0.751. The summed E-state index contributed by atoms with van der Waals surface area (Å²) in [5.74, 6) is 1.49. The van der Waals surface area contributed by atoms with E-state index in [1.807, 2.05) is 12.1 Å². The third-order valence-corrected chi connectivity index (χ3v) is 5.52.